The van der Waals surface area contributed by atoms with E-state index in [0.29, 0.717) is 6.04 Å². The second-order valence-electron chi connectivity index (χ2n) is 4.70. The fraction of sp³-hybridized carbons (Fsp3) is 0.600. The number of allylic oxidation sites excluding steroid dienone is 1. The van der Waals surface area contributed by atoms with E-state index in [-0.39, 0.29) is 0 Å². The molecule has 1 atom stereocenters. The second kappa shape index (κ2) is 10.1. The Labute approximate surface area is 138 Å². The van der Waals surface area contributed by atoms with Gasteiger partial charge in [-0.05, 0) is 70.2 Å². The topological polar surface area (TPSA) is 12.0 Å². The van der Waals surface area contributed by atoms with Crippen LogP contribution in [0.25, 0.3) is 0 Å². The SMILES string of the molecule is C=CCCCCCC(NCCC)c1cc(Br)c(Br)s1. The van der Waals surface area contributed by atoms with Crippen molar-refractivity contribution in [3.8, 4) is 0 Å². The van der Waals surface area contributed by atoms with Crippen LogP contribution in [0.1, 0.15) is 56.4 Å². The predicted octanol–water partition coefficient (Wildman–Crippen LogP) is 6.45. The van der Waals surface area contributed by atoms with Gasteiger partial charge in [-0.15, -0.1) is 17.9 Å². The highest BCUT2D eigenvalue weighted by molar-refractivity contribution is 9.13. The quantitative estimate of drug-likeness (QED) is 0.346. The van der Waals surface area contributed by atoms with Gasteiger partial charge in [0, 0.05) is 15.4 Å². The number of hydrogen-bond acceptors (Lipinski definition) is 2. The molecule has 0 aliphatic heterocycles. The van der Waals surface area contributed by atoms with Gasteiger partial charge in [-0.3, -0.25) is 0 Å². The summed E-state index contributed by atoms with van der Waals surface area (Å²) in [5.74, 6) is 0. The van der Waals surface area contributed by atoms with Crippen molar-refractivity contribution in [2.75, 3.05) is 6.54 Å². The third kappa shape index (κ3) is 6.56. The molecule has 1 aromatic heterocycles. The Morgan fingerprint density at radius 3 is 2.74 bits per heavy atom. The average Bonchev–Trinajstić information content (AvgIpc) is 2.73. The second-order valence-corrected chi connectivity index (χ2v) is 7.96. The maximum Gasteiger partial charge on any atom is 0.0843 e. The molecule has 4 heteroatoms. The molecule has 0 aliphatic rings. The summed E-state index contributed by atoms with van der Waals surface area (Å²) in [5, 5.41) is 3.67. The molecule has 0 aliphatic carbocycles. The summed E-state index contributed by atoms with van der Waals surface area (Å²) < 4.78 is 2.36. The number of unbranched alkanes of at least 4 members (excludes halogenated alkanes) is 3. The molecule has 0 spiro atoms. The zero-order valence-corrected chi connectivity index (χ0v) is 15.5. The van der Waals surface area contributed by atoms with E-state index in [0.717, 1.165) is 13.0 Å². The number of hydrogen-bond donors (Lipinski definition) is 1. The van der Waals surface area contributed by atoms with E-state index in [9.17, 15) is 0 Å². The molecule has 0 saturated carbocycles. The Morgan fingerprint density at radius 2 is 2.16 bits per heavy atom. The summed E-state index contributed by atoms with van der Waals surface area (Å²) in [6.07, 6.45) is 9.40. The van der Waals surface area contributed by atoms with Crippen molar-refractivity contribution in [1.29, 1.82) is 0 Å². The van der Waals surface area contributed by atoms with Gasteiger partial charge in [0.05, 0.1) is 3.79 Å². The molecule has 0 fully saturated rings. The van der Waals surface area contributed by atoms with Gasteiger partial charge < -0.3 is 5.32 Å². The number of halogens is 2. The Morgan fingerprint density at radius 1 is 1.37 bits per heavy atom. The minimum atomic E-state index is 0.497. The molecule has 1 rings (SSSR count). The Kier molecular flexibility index (Phi) is 9.29. The van der Waals surface area contributed by atoms with Crippen LogP contribution in [0, 0.1) is 0 Å². The number of thiophene rings is 1. The summed E-state index contributed by atoms with van der Waals surface area (Å²) >= 11 is 9.00. The van der Waals surface area contributed by atoms with E-state index in [1.807, 2.05) is 17.4 Å². The molecule has 108 valence electrons. The third-order valence-corrected chi connectivity index (χ3v) is 6.42. The first-order valence-corrected chi connectivity index (χ1v) is 9.38. The van der Waals surface area contributed by atoms with Crippen molar-refractivity contribution in [2.45, 2.75) is 51.5 Å². The minimum absolute atomic E-state index is 0.497. The van der Waals surface area contributed by atoms with Crippen molar-refractivity contribution in [2.24, 2.45) is 0 Å². The summed E-state index contributed by atoms with van der Waals surface area (Å²) in [6, 6.07) is 2.74. The molecule has 1 heterocycles. The standard InChI is InChI=1S/C15H23Br2NS/c1-3-5-6-7-8-9-13(18-10-4-2)14-11-12(16)15(17)19-14/h3,11,13,18H,1,4-10H2,2H3. The lowest BCUT2D eigenvalue weighted by molar-refractivity contribution is 0.478. The lowest BCUT2D eigenvalue weighted by Crippen LogP contribution is -2.21. The van der Waals surface area contributed by atoms with E-state index < -0.39 is 0 Å². The molecular weight excluding hydrogens is 386 g/mol. The van der Waals surface area contributed by atoms with Gasteiger partial charge in [0.15, 0.2) is 0 Å². The van der Waals surface area contributed by atoms with Crippen LogP contribution in [0.15, 0.2) is 27.0 Å². The van der Waals surface area contributed by atoms with E-state index in [2.05, 4.69) is 56.7 Å². The van der Waals surface area contributed by atoms with Crippen molar-refractivity contribution in [3.05, 3.63) is 31.9 Å². The maximum atomic E-state index is 3.77. The smallest absolute Gasteiger partial charge is 0.0843 e. The highest BCUT2D eigenvalue weighted by atomic mass is 79.9. The van der Waals surface area contributed by atoms with E-state index in [4.69, 9.17) is 0 Å². The molecule has 0 amide bonds. The van der Waals surface area contributed by atoms with Gasteiger partial charge in [-0.1, -0.05) is 25.8 Å². The molecule has 1 aromatic rings. The monoisotopic (exact) mass is 407 g/mol. The normalized spacial score (nSPS) is 12.6. The first-order valence-electron chi connectivity index (χ1n) is 6.98. The van der Waals surface area contributed by atoms with Gasteiger partial charge in [0.25, 0.3) is 0 Å². The van der Waals surface area contributed by atoms with Crippen LogP contribution in [-0.2, 0) is 0 Å². The summed E-state index contributed by atoms with van der Waals surface area (Å²) in [5.41, 5.74) is 0. The van der Waals surface area contributed by atoms with Crippen LogP contribution in [0.3, 0.4) is 0 Å². The average molecular weight is 409 g/mol. The molecule has 19 heavy (non-hydrogen) atoms. The summed E-state index contributed by atoms with van der Waals surface area (Å²) in [7, 11) is 0. The predicted molar refractivity (Wildman–Crippen MR) is 94.0 cm³/mol. The maximum absolute atomic E-state index is 3.77. The lowest BCUT2D eigenvalue weighted by atomic mass is 10.1. The molecule has 0 radical (unpaired) electrons. The zero-order valence-electron chi connectivity index (χ0n) is 11.6. The summed E-state index contributed by atoms with van der Waals surface area (Å²) in [6.45, 7) is 7.08. The first-order chi connectivity index (χ1) is 9.19. The number of rotatable bonds is 10. The van der Waals surface area contributed by atoms with E-state index >= 15 is 0 Å². The Hall–Kier alpha value is 0.360. The van der Waals surface area contributed by atoms with Crippen LogP contribution in [0.2, 0.25) is 0 Å². The third-order valence-electron chi connectivity index (χ3n) is 3.05. The molecular formula is C15H23Br2NS. The first kappa shape index (κ1) is 17.4. The summed E-state index contributed by atoms with van der Waals surface area (Å²) in [4.78, 5) is 1.43. The van der Waals surface area contributed by atoms with Crippen LogP contribution in [0.5, 0.6) is 0 Å². The van der Waals surface area contributed by atoms with Crippen LogP contribution in [-0.4, -0.2) is 6.54 Å². The van der Waals surface area contributed by atoms with Gasteiger partial charge in [-0.25, -0.2) is 0 Å². The van der Waals surface area contributed by atoms with Gasteiger partial charge in [0.1, 0.15) is 0 Å². The number of nitrogens with one attached hydrogen (secondary N) is 1. The van der Waals surface area contributed by atoms with Gasteiger partial charge in [0.2, 0.25) is 0 Å². The molecule has 1 N–H and O–H groups in total. The lowest BCUT2D eigenvalue weighted by Gasteiger charge is -2.17. The fourth-order valence-electron chi connectivity index (χ4n) is 2.01. The molecule has 1 unspecified atom stereocenters. The molecule has 0 aromatic carbocycles. The van der Waals surface area contributed by atoms with Crippen LogP contribution >= 0.6 is 43.2 Å². The molecule has 0 bridgehead atoms. The molecule has 1 nitrogen and oxygen atoms in total. The van der Waals surface area contributed by atoms with Gasteiger partial charge >= 0.3 is 0 Å². The van der Waals surface area contributed by atoms with Crippen molar-refractivity contribution >= 4 is 43.2 Å². The van der Waals surface area contributed by atoms with Gasteiger partial charge in [-0.2, -0.15) is 0 Å². The highest BCUT2D eigenvalue weighted by Crippen LogP contribution is 2.37. The Balaban J connectivity index is 2.48. The fourth-order valence-corrected chi connectivity index (χ4v) is 4.21. The van der Waals surface area contributed by atoms with Crippen molar-refractivity contribution < 1.29 is 0 Å². The van der Waals surface area contributed by atoms with E-state index in [1.165, 1.54) is 45.2 Å². The van der Waals surface area contributed by atoms with Crippen LogP contribution in [0.4, 0.5) is 0 Å². The van der Waals surface area contributed by atoms with Crippen LogP contribution < -0.4 is 5.32 Å². The van der Waals surface area contributed by atoms with Crippen molar-refractivity contribution in [3.63, 3.8) is 0 Å². The zero-order chi connectivity index (χ0) is 14.1. The Bertz CT molecular complexity index is 357. The largest absolute Gasteiger partial charge is 0.309 e. The van der Waals surface area contributed by atoms with E-state index in [1.54, 1.807) is 0 Å². The minimum Gasteiger partial charge on any atom is -0.309 e. The molecule has 0 saturated heterocycles. The van der Waals surface area contributed by atoms with Crippen molar-refractivity contribution in [1.82, 2.24) is 5.32 Å². The highest BCUT2D eigenvalue weighted by Gasteiger charge is 2.14.